The van der Waals surface area contributed by atoms with Crippen molar-refractivity contribution in [1.82, 2.24) is 15.5 Å². The molecule has 0 radical (unpaired) electrons. The van der Waals surface area contributed by atoms with E-state index in [-0.39, 0.29) is 5.54 Å². The molecule has 1 aliphatic heterocycles. The first-order chi connectivity index (χ1) is 7.12. The van der Waals surface area contributed by atoms with Gasteiger partial charge in [0.1, 0.15) is 0 Å². The third kappa shape index (κ3) is 1.97. The highest BCUT2D eigenvalue weighted by atomic mass is 16.5. The lowest BCUT2D eigenvalue weighted by Gasteiger charge is -2.31. The fraction of sp³-hybridized carbons (Fsp3) is 0.800. The van der Waals surface area contributed by atoms with Crippen molar-refractivity contribution in [2.24, 2.45) is 0 Å². The number of hydrogen-bond acceptors (Lipinski definition) is 5. The minimum absolute atomic E-state index is 0.139. The van der Waals surface area contributed by atoms with Crippen LogP contribution in [-0.4, -0.2) is 30.8 Å². The van der Waals surface area contributed by atoms with Crippen LogP contribution in [-0.2, 0) is 5.54 Å². The van der Waals surface area contributed by atoms with E-state index in [0.717, 1.165) is 13.0 Å². The van der Waals surface area contributed by atoms with E-state index in [1.807, 2.05) is 19.0 Å². The molecule has 1 N–H and O–H groups in total. The normalized spacial score (nSPS) is 26.6. The first-order valence-corrected chi connectivity index (χ1v) is 5.38. The molecule has 0 bridgehead atoms. The fourth-order valence-electron chi connectivity index (χ4n) is 1.86. The molecule has 1 fully saturated rings. The van der Waals surface area contributed by atoms with E-state index in [4.69, 9.17) is 4.52 Å². The van der Waals surface area contributed by atoms with Crippen LogP contribution in [0.25, 0.3) is 0 Å². The summed E-state index contributed by atoms with van der Waals surface area (Å²) >= 11 is 0. The van der Waals surface area contributed by atoms with E-state index in [9.17, 15) is 0 Å². The second-order valence-electron chi connectivity index (χ2n) is 4.51. The van der Waals surface area contributed by atoms with Crippen molar-refractivity contribution in [1.29, 1.82) is 0 Å². The quantitative estimate of drug-likeness (QED) is 0.793. The minimum atomic E-state index is -0.139. The van der Waals surface area contributed by atoms with Gasteiger partial charge in [0.2, 0.25) is 5.89 Å². The highest BCUT2D eigenvalue weighted by molar-refractivity contribution is 5.25. The molecular weight excluding hydrogens is 192 g/mol. The second kappa shape index (κ2) is 3.81. The highest BCUT2D eigenvalue weighted by Gasteiger charge is 2.34. The van der Waals surface area contributed by atoms with Crippen LogP contribution in [0.4, 0.5) is 5.95 Å². The molecule has 1 aliphatic rings. The molecule has 0 spiro atoms. The Hall–Kier alpha value is -1.10. The van der Waals surface area contributed by atoms with Gasteiger partial charge in [-0.25, -0.2) is 0 Å². The van der Waals surface area contributed by atoms with Crippen LogP contribution >= 0.6 is 0 Å². The molecule has 1 atom stereocenters. The van der Waals surface area contributed by atoms with Crippen LogP contribution in [0.15, 0.2) is 4.52 Å². The maximum atomic E-state index is 5.30. The average molecular weight is 210 g/mol. The minimum Gasteiger partial charge on any atom is -0.344 e. The Morgan fingerprint density at radius 2 is 2.20 bits per heavy atom. The van der Waals surface area contributed by atoms with E-state index in [0.29, 0.717) is 11.8 Å². The Kier molecular flexibility index (Phi) is 2.65. The van der Waals surface area contributed by atoms with Gasteiger partial charge in [-0.2, -0.15) is 4.98 Å². The van der Waals surface area contributed by atoms with Crippen molar-refractivity contribution >= 4 is 5.95 Å². The lowest BCUT2D eigenvalue weighted by Crippen LogP contribution is -2.43. The van der Waals surface area contributed by atoms with Crippen LogP contribution in [0.3, 0.4) is 0 Å². The topological polar surface area (TPSA) is 54.2 Å². The van der Waals surface area contributed by atoms with Crippen molar-refractivity contribution in [3.8, 4) is 0 Å². The zero-order chi connectivity index (χ0) is 10.9. The van der Waals surface area contributed by atoms with Crippen LogP contribution in [0, 0.1) is 0 Å². The zero-order valence-corrected chi connectivity index (χ0v) is 9.58. The lowest BCUT2D eigenvalue weighted by atomic mass is 9.91. The van der Waals surface area contributed by atoms with Gasteiger partial charge in [0, 0.05) is 14.1 Å². The lowest BCUT2D eigenvalue weighted by molar-refractivity contribution is 0.207. The number of aromatic nitrogens is 2. The van der Waals surface area contributed by atoms with Crippen LogP contribution in [0.2, 0.25) is 0 Å². The van der Waals surface area contributed by atoms with Gasteiger partial charge in [0.25, 0.3) is 5.95 Å². The Bertz CT molecular complexity index is 328. The summed E-state index contributed by atoms with van der Waals surface area (Å²) in [4.78, 5) is 6.24. The summed E-state index contributed by atoms with van der Waals surface area (Å²) in [5.74, 6) is 1.34. The molecule has 1 saturated heterocycles. The molecule has 0 aliphatic carbocycles. The molecule has 5 nitrogen and oxygen atoms in total. The van der Waals surface area contributed by atoms with Crippen molar-refractivity contribution in [3.63, 3.8) is 0 Å². The standard InChI is InChI=1S/C10H18N4O/c1-10(6-4-5-7-11-10)8-12-9(13-15-8)14(2)3/h11H,4-7H2,1-3H3. The van der Waals surface area contributed by atoms with Crippen LogP contribution < -0.4 is 10.2 Å². The van der Waals surface area contributed by atoms with E-state index in [1.165, 1.54) is 12.8 Å². The fourth-order valence-corrected chi connectivity index (χ4v) is 1.86. The van der Waals surface area contributed by atoms with E-state index < -0.39 is 0 Å². The molecule has 1 aromatic rings. The number of hydrogen-bond donors (Lipinski definition) is 1. The monoisotopic (exact) mass is 210 g/mol. The van der Waals surface area contributed by atoms with Gasteiger partial charge < -0.3 is 14.7 Å². The molecule has 0 aromatic carbocycles. The van der Waals surface area contributed by atoms with Gasteiger partial charge in [-0.05, 0) is 37.9 Å². The molecule has 0 saturated carbocycles. The summed E-state index contributed by atoms with van der Waals surface area (Å²) in [5.41, 5.74) is -0.139. The maximum absolute atomic E-state index is 5.30. The maximum Gasteiger partial charge on any atom is 0.265 e. The Morgan fingerprint density at radius 1 is 1.40 bits per heavy atom. The van der Waals surface area contributed by atoms with Gasteiger partial charge >= 0.3 is 0 Å². The Morgan fingerprint density at radius 3 is 2.73 bits per heavy atom. The summed E-state index contributed by atoms with van der Waals surface area (Å²) in [5, 5.41) is 7.39. The van der Waals surface area contributed by atoms with Crippen molar-refractivity contribution in [2.75, 3.05) is 25.5 Å². The molecule has 1 unspecified atom stereocenters. The van der Waals surface area contributed by atoms with Gasteiger partial charge in [0.05, 0.1) is 5.54 Å². The SMILES string of the molecule is CN(C)c1noc(C2(C)CCCCN2)n1. The summed E-state index contributed by atoms with van der Waals surface area (Å²) in [6, 6.07) is 0. The number of anilines is 1. The smallest absolute Gasteiger partial charge is 0.265 e. The first kappa shape index (κ1) is 10.4. The third-order valence-corrected chi connectivity index (χ3v) is 2.91. The van der Waals surface area contributed by atoms with Gasteiger partial charge in [-0.15, -0.1) is 0 Å². The Balaban J connectivity index is 2.20. The first-order valence-electron chi connectivity index (χ1n) is 5.38. The molecule has 1 aromatic heterocycles. The molecule has 0 amide bonds. The number of nitrogens with zero attached hydrogens (tertiary/aromatic N) is 3. The summed E-state index contributed by atoms with van der Waals surface area (Å²) in [7, 11) is 3.82. The summed E-state index contributed by atoms with van der Waals surface area (Å²) in [6.45, 7) is 3.15. The molecule has 2 rings (SSSR count). The summed E-state index contributed by atoms with van der Waals surface area (Å²) < 4.78 is 5.30. The van der Waals surface area contributed by atoms with Crippen molar-refractivity contribution < 1.29 is 4.52 Å². The molecule has 2 heterocycles. The molecule has 5 heteroatoms. The average Bonchev–Trinajstić information content (AvgIpc) is 2.68. The van der Waals surface area contributed by atoms with Gasteiger partial charge in [0.15, 0.2) is 0 Å². The van der Waals surface area contributed by atoms with E-state index in [1.54, 1.807) is 0 Å². The predicted octanol–water partition coefficient (Wildman–Crippen LogP) is 1.12. The zero-order valence-electron chi connectivity index (χ0n) is 9.58. The van der Waals surface area contributed by atoms with Gasteiger partial charge in [-0.3, -0.25) is 0 Å². The molecule has 84 valence electrons. The number of rotatable bonds is 2. The van der Waals surface area contributed by atoms with Gasteiger partial charge in [-0.1, -0.05) is 0 Å². The van der Waals surface area contributed by atoms with Crippen LogP contribution in [0.1, 0.15) is 32.1 Å². The Labute approximate surface area is 89.8 Å². The van der Waals surface area contributed by atoms with Crippen molar-refractivity contribution in [2.45, 2.75) is 31.7 Å². The largest absolute Gasteiger partial charge is 0.344 e. The third-order valence-electron chi connectivity index (χ3n) is 2.91. The number of nitrogens with one attached hydrogen (secondary N) is 1. The van der Waals surface area contributed by atoms with Crippen LogP contribution in [0.5, 0.6) is 0 Å². The van der Waals surface area contributed by atoms with Crippen molar-refractivity contribution in [3.05, 3.63) is 5.89 Å². The molecule has 15 heavy (non-hydrogen) atoms. The second-order valence-corrected chi connectivity index (χ2v) is 4.51. The summed E-state index contributed by atoms with van der Waals surface area (Å²) in [6.07, 6.45) is 3.50. The number of piperidine rings is 1. The molecular formula is C10H18N4O. The van der Waals surface area contributed by atoms with E-state index in [2.05, 4.69) is 22.4 Å². The predicted molar refractivity (Wildman–Crippen MR) is 57.8 cm³/mol. The highest BCUT2D eigenvalue weighted by Crippen LogP contribution is 2.29. The van der Waals surface area contributed by atoms with E-state index >= 15 is 0 Å².